The molecule has 0 aliphatic rings. The molecule has 1 atom stereocenters. The van der Waals surface area contributed by atoms with E-state index in [9.17, 15) is 14.0 Å². The fourth-order valence-corrected chi connectivity index (χ4v) is 4.64. The molecule has 2 aromatic carbocycles. The molecule has 0 saturated carbocycles. The molecule has 4 nitrogen and oxygen atoms in total. The molecule has 0 aliphatic heterocycles. The van der Waals surface area contributed by atoms with Crippen LogP contribution in [-0.4, -0.2) is 34.2 Å². The molecule has 0 saturated heterocycles. The maximum Gasteiger partial charge on any atom is 0.245 e. The SMILES string of the molecule is Cc1ccsc1CN(Cc1ccc(F)cc1)C(=O)CN(C(=O)C(Cl)c1ccccc1)C(C)C. The number of alkyl halides is 1. The van der Waals surface area contributed by atoms with Gasteiger partial charge in [-0.3, -0.25) is 9.59 Å². The lowest BCUT2D eigenvalue weighted by Crippen LogP contribution is -2.46. The van der Waals surface area contributed by atoms with Crippen molar-refractivity contribution in [3.05, 3.63) is 93.4 Å². The van der Waals surface area contributed by atoms with Gasteiger partial charge in [0.1, 0.15) is 17.7 Å². The molecule has 1 unspecified atom stereocenters. The Hall–Kier alpha value is -2.70. The van der Waals surface area contributed by atoms with E-state index in [4.69, 9.17) is 11.6 Å². The van der Waals surface area contributed by atoms with Gasteiger partial charge < -0.3 is 9.80 Å². The van der Waals surface area contributed by atoms with E-state index in [0.29, 0.717) is 18.7 Å². The van der Waals surface area contributed by atoms with Crippen LogP contribution in [0.15, 0.2) is 66.0 Å². The molecule has 3 aromatic rings. The third kappa shape index (κ3) is 6.65. The van der Waals surface area contributed by atoms with Crippen LogP contribution in [0.1, 0.15) is 40.8 Å². The highest BCUT2D eigenvalue weighted by Gasteiger charge is 2.29. The Bertz CT molecular complexity index is 1070. The maximum atomic E-state index is 13.4. The van der Waals surface area contributed by atoms with Crippen molar-refractivity contribution in [3.63, 3.8) is 0 Å². The molecule has 0 N–H and O–H groups in total. The van der Waals surface area contributed by atoms with E-state index in [2.05, 4.69) is 0 Å². The summed E-state index contributed by atoms with van der Waals surface area (Å²) in [5, 5.41) is 1.12. The third-order valence-corrected chi connectivity index (χ3v) is 6.91. The van der Waals surface area contributed by atoms with E-state index in [0.717, 1.165) is 16.0 Å². The number of rotatable bonds is 9. The van der Waals surface area contributed by atoms with Crippen LogP contribution in [0.5, 0.6) is 0 Å². The first-order valence-corrected chi connectivity index (χ1v) is 12.1. The number of hydrogen-bond acceptors (Lipinski definition) is 3. The molecule has 33 heavy (non-hydrogen) atoms. The summed E-state index contributed by atoms with van der Waals surface area (Å²) in [7, 11) is 0. The lowest BCUT2D eigenvalue weighted by molar-refractivity contribution is -0.142. The van der Waals surface area contributed by atoms with Gasteiger partial charge in [0.2, 0.25) is 11.8 Å². The van der Waals surface area contributed by atoms with Crippen LogP contribution in [-0.2, 0) is 22.7 Å². The molecule has 1 heterocycles. The molecule has 0 spiro atoms. The normalized spacial score (nSPS) is 11.9. The first-order valence-electron chi connectivity index (χ1n) is 10.8. The Morgan fingerprint density at radius 1 is 1.00 bits per heavy atom. The zero-order valence-electron chi connectivity index (χ0n) is 19.0. The highest BCUT2D eigenvalue weighted by molar-refractivity contribution is 7.10. The number of benzene rings is 2. The summed E-state index contributed by atoms with van der Waals surface area (Å²) < 4.78 is 13.4. The fraction of sp³-hybridized carbons (Fsp3) is 0.308. The van der Waals surface area contributed by atoms with Crippen molar-refractivity contribution in [1.82, 2.24) is 9.80 Å². The Morgan fingerprint density at radius 3 is 2.24 bits per heavy atom. The second kappa shape index (κ2) is 11.4. The fourth-order valence-electron chi connectivity index (χ4n) is 3.45. The standard InChI is InChI=1S/C26H28ClFN2O2S/c1-18(2)30(26(32)25(27)21-7-5-4-6-8-21)17-24(31)29(16-23-19(3)13-14-33-23)15-20-9-11-22(28)12-10-20/h4-14,18,25H,15-17H2,1-3H3. The van der Waals surface area contributed by atoms with E-state index in [1.165, 1.54) is 17.0 Å². The average molecular weight is 487 g/mol. The number of nitrogens with zero attached hydrogens (tertiary/aromatic N) is 2. The molecular weight excluding hydrogens is 459 g/mol. The van der Waals surface area contributed by atoms with Gasteiger partial charge in [0.05, 0.1) is 6.54 Å². The van der Waals surface area contributed by atoms with E-state index in [1.54, 1.807) is 40.5 Å². The number of carbonyl (C=O) groups excluding carboxylic acids is 2. The molecule has 0 radical (unpaired) electrons. The lowest BCUT2D eigenvalue weighted by Gasteiger charge is -2.31. The quantitative estimate of drug-likeness (QED) is 0.351. The average Bonchev–Trinajstić information content (AvgIpc) is 3.22. The van der Waals surface area contributed by atoms with E-state index < -0.39 is 5.38 Å². The molecule has 0 bridgehead atoms. The summed E-state index contributed by atoms with van der Waals surface area (Å²) in [6, 6.07) is 17.1. The summed E-state index contributed by atoms with van der Waals surface area (Å²) in [5.41, 5.74) is 2.62. The van der Waals surface area contributed by atoms with Crippen molar-refractivity contribution in [3.8, 4) is 0 Å². The van der Waals surface area contributed by atoms with Crippen molar-refractivity contribution in [2.24, 2.45) is 0 Å². The van der Waals surface area contributed by atoms with Crippen molar-refractivity contribution < 1.29 is 14.0 Å². The number of thiophene rings is 1. The summed E-state index contributed by atoms with van der Waals surface area (Å²) in [4.78, 5) is 30.9. The minimum atomic E-state index is -0.869. The van der Waals surface area contributed by atoms with Crippen LogP contribution < -0.4 is 0 Å². The monoisotopic (exact) mass is 486 g/mol. The third-order valence-electron chi connectivity index (χ3n) is 5.46. The Kier molecular flexibility index (Phi) is 8.64. The largest absolute Gasteiger partial charge is 0.332 e. The van der Waals surface area contributed by atoms with Gasteiger partial charge >= 0.3 is 0 Å². The van der Waals surface area contributed by atoms with Crippen LogP contribution >= 0.6 is 22.9 Å². The number of halogens is 2. The van der Waals surface area contributed by atoms with Crippen LogP contribution in [0, 0.1) is 12.7 Å². The van der Waals surface area contributed by atoms with Gasteiger partial charge in [-0.05, 0) is 61.0 Å². The van der Waals surface area contributed by atoms with Gasteiger partial charge in [-0.15, -0.1) is 22.9 Å². The zero-order valence-corrected chi connectivity index (χ0v) is 20.6. The summed E-state index contributed by atoms with van der Waals surface area (Å²) in [6.45, 7) is 6.40. The molecule has 174 valence electrons. The number of carbonyl (C=O) groups is 2. The Morgan fingerprint density at radius 2 is 1.67 bits per heavy atom. The topological polar surface area (TPSA) is 40.6 Å². The highest BCUT2D eigenvalue weighted by atomic mass is 35.5. The highest BCUT2D eigenvalue weighted by Crippen LogP contribution is 2.25. The van der Waals surface area contributed by atoms with Gasteiger partial charge in [0, 0.05) is 17.5 Å². The summed E-state index contributed by atoms with van der Waals surface area (Å²) in [6.07, 6.45) is 0. The van der Waals surface area contributed by atoms with Crippen LogP contribution in [0.4, 0.5) is 4.39 Å². The molecule has 0 fully saturated rings. The number of hydrogen-bond donors (Lipinski definition) is 0. The molecular formula is C26H28ClFN2O2S. The molecule has 7 heteroatoms. The van der Waals surface area contributed by atoms with Crippen LogP contribution in [0.3, 0.4) is 0 Å². The number of aryl methyl sites for hydroxylation is 1. The second-order valence-corrected chi connectivity index (χ2v) is 9.67. The first-order chi connectivity index (χ1) is 15.8. The molecule has 0 aliphatic carbocycles. The van der Waals surface area contributed by atoms with Crippen molar-refractivity contribution >= 4 is 34.8 Å². The molecule has 2 amide bonds. The smallest absolute Gasteiger partial charge is 0.245 e. The minimum Gasteiger partial charge on any atom is -0.332 e. The van der Waals surface area contributed by atoms with Gasteiger partial charge in [-0.2, -0.15) is 0 Å². The van der Waals surface area contributed by atoms with E-state index in [-0.39, 0.29) is 30.2 Å². The summed E-state index contributed by atoms with van der Waals surface area (Å²) in [5.74, 6) is -0.817. The number of amides is 2. The van der Waals surface area contributed by atoms with Crippen LogP contribution in [0.2, 0.25) is 0 Å². The maximum absolute atomic E-state index is 13.4. The zero-order chi connectivity index (χ0) is 24.0. The summed E-state index contributed by atoms with van der Waals surface area (Å²) >= 11 is 8.08. The van der Waals surface area contributed by atoms with Gasteiger partial charge in [-0.1, -0.05) is 42.5 Å². The van der Waals surface area contributed by atoms with Crippen LogP contribution in [0.25, 0.3) is 0 Å². The predicted molar refractivity (Wildman–Crippen MR) is 132 cm³/mol. The molecule has 1 aromatic heterocycles. The van der Waals surface area contributed by atoms with Gasteiger partial charge in [0.25, 0.3) is 0 Å². The van der Waals surface area contributed by atoms with E-state index >= 15 is 0 Å². The van der Waals surface area contributed by atoms with Crippen molar-refractivity contribution in [1.29, 1.82) is 0 Å². The van der Waals surface area contributed by atoms with Crippen molar-refractivity contribution in [2.75, 3.05) is 6.54 Å². The first kappa shape index (κ1) is 24.9. The minimum absolute atomic E-state index is 0.0851. The van der Waals surface area contributed by atoms with E-state index in [1.807, 2.05) is 50.4 Å². The Labute approximate surface area is 203 Å². The second-order valence-electron chi connectivity index (χ2n) is 8.24. The molecule has 3 rings (SSSR count). The predicted octanol–water partition coefficient (Wildman–Crippen LogP) is 5.94. The van der Waals surface area contributed by atoms with Gasteiger partial charge in [-0.25, -0.2) is 4.39 Å². The van der Waals surface area contributed by atoms with Crippen molar-refractivity contribution in [2.45, 2.75) is 45.3 Å². The lowest BCUT2D eigenvalue weighted by atomic mass is 10.1. The Balaban J connectivity index is 1.81. The van der Waals surface area contributed by atoms with Gasteiger partial charge in [0.15, 0.2) is 0 Å².